The minimum Gasteiger partial charge on any atom is -0.493 e. The summed E-state index contributed by atoms with van der Waals surface area (Å²) in [6.45, 7) is 6.16. The molecule has 0 saturated carbocycles. The molecule has 0 aromatic heterocycles. The van der Waals surface area contributed by atoms with Crippen molar-refractivity contribution in [2.24, 2.45) is 5.92 Å². The van der Waals surface area contributed by atoms with Gasteiger partial charge in [0.25, 0.3) is 0 Å². The zero-order valence-corrected chi connectivity index (χ0v) is 12.8. The van der Waals surface area contributed by atoms with Gasteiger partial charge >= 0.3 is 0 Å². The number of halogens is 1. The third-order valence-electron chi connectivity index (χ3n) is 2.32. The third kappa shape index (κ3) is 5.27. The summed E-state index contributed by atoms with van der Waals surface area (Å²) in [5, 5.41) is 0.803. The summed E-state index contributed by atoms with van der Waals surface area (Å²) >= 11 is 3.43. The van der Waals surface area contributed by atoms with Crippen LogP contribution in [0.1, 0.15) is 19.4 Å². The lowest BCUT2D eigenvalue weighted by Gasteiger charge is -2.12. The first kappa shape index (κ1) is 15.3. The number of methoxy groups -OCH3 is 1. The van der Waals surface area contributed by atoms with Crippen LogP contribution in [0.2, 0.25) is 0 Å². The van der Waals surface area contributed by atoms with Gasteiger partial charge in [0.15, 0.2) is 11.5 Å². The van der Waals surface area contributed by atoms with Crippen LogP contribution in [0.15, 0.2) is 18.2 Å². The van der Waals surface area contributed by atoms with Gasteiger partial charge in [0.1, 0.15) is 6.61 Å². The Morgan fingerprint density at radius 1 is 1.17 bits per heavy atom. The first-order valence-electron chi connectivity index (χ1n) is 6.10. The maximum Gasteiger partial charge on any atom is 0.161 e. The minimum atomic E-state index is 0.537. The molecule has 0 aliphatic carbocycles. The Hall–Kier alpha value is -0.740. The van der Waals surface area contributed by atoms with E-state index in [1.165, 1.54) is 0 Å². The van der Waals surface area contributed by atoms with E-state index in [2.05, 4.69) is 29.8 Å². The monoisotopic (exact) mass is 316 g/mol. The second kappa shape index (κ2) is 8.38. The standard InChI is InChI=1S/C14H21BrO3/c1-11(2)10-17-6-7-18-14-8-12(9-15)4-5-13(14)16-3/h4-5,8,11H,6-7,9-10H2,1-3H3. The predicted molar refractivity (Wildman–Crippen MR) is 76.8 cm³/mol. The van der Waals surface area contributed by atoms with Crippen molar-refractivity contribution < 1.29 is 14.2 Å². The van der Waals surface area contributed by atoms with Gasteiger partial charge in [0, 0.05) is 11.9 Å². The van der Waals surface area contributed by atoms with Crippen LogP contribution >= 0.6 is 15.9 Å². The van der Waals surface area contributed by atoms with E-state index in [-0.39, 0.29) is 0 Å². The molecule has 0 bridgehead atoms. The summed E-state index contributed by atoms with van der Waals surface area (Å²) < 4.78 is 16.4. The molecular weight excluding hydrogens is 296 g/mol. The van der Waals surface area contributed by atoms with Crippen molar-refractivity contribution in [2.75, 3.05) is 26.9 Å². The predicted octanol–water partition coefficient (Wildman–Crippen LogP) is 3.64. The zero-order chi connectivity index (χ0) is 13.4. The Morgan fingerprint density at radius 2 is 1.94 bits per heavy atom. The van der Waals surface area contributed by atoms with E-state index in [9.17, 15) is 0 Å². The van der Waals surface area contributed by atoms with Gasteiger partial charge in [0.05, 0.1) is 13.7 Å². The molecule has 0 aliphatic rings. The van der Waals surface area contributed by atoms with Gasteiger partial charge in [-0.3, -0.25) is 0 Å². The summed E-state index contributed by atoms with van der Waals surface area (Å²) in [7, 11) is 1.64. The van der Waals surface area contributed by atoms with Crippen molar-refractivity contribution >= 4 is 15.9 Å². The Kier molecular flexibility index (Phi) is 7.13. The largest absolute Gasteiger partial charge is 0.493 e. The number of ether oxygens (including phenoxy) is 3. The molecule has 0 radical (unpaired) electrons. The smallest absolute Gasteiger partial charge is 0.161 e. The molecule has 0 amide bonds. The topological polar surface area (TPSA) is 27.7 Å². The van der Waals surface area contributed by atoms with Crippen LogP contribution in [-0.2, 0) is 10.1 Å². The highest BCUT2D eigenvalue weighted by Crippen LogP contribution is 2.28. The van der Waals surface area contributed by atoms with Crippen LogP contribution < -0.4 is 9.47 Å². The van der Waals surface area contributed by atoms with Crippen molar-refractivity contribution in [3.63, 3.8) is 0 Å². The van der Waals surface area contributed by atoms with Crippen LogP contribution in [-0.4, -0.2) is 26.9 Å². The molecule has 1 aromatic carbocycles. The van der Waals surface area contributed by atoms with Crippen molar-refractivity contribution in [3.8, 4) is 11.5 Å². The Balaban J connectivity index is 2.44. The number of benzene rings is 1. The first-order chi connectivity index (χ1) is 8.67. The van der Waals surface area contributed by atoms with E-state index >= 15 is 0 Å². The van der Waals surface area contributed by atoms with Crippen LogP contribution in [0, 0.1) is 5.92 Å². The van der Waals surface area contributed by atoms with E-state index in [0.29, 0.717) is 19.1 Å². The van der Waals surface area contributed by atoms with E-state index < -0.39 is 0 Å². The fourth-order valence-corrected chi connectivity index (χ4v) is 1.80. The normalized spacial score (nSPS) is 10.7. The number of rotatable bonds is 8. The fourth-order valence-electron chi connectivity index (χ4n) is 1.45. The van der Waals surface area contributed by atoms with Crippen molar-refractivity contribution in [2.45, 2.75) is 19.2 Å². The Morgan fingerprint density at radius 3 is 2.56 bits per heavy atom. The molecule has 3 nitrogen and oxygen atoms in total. The Bertz CT molecular complexity index is 353. The van der Waals surface area contributed by atoms with Crippen LogP contribution in [0.25, 0.3) is 0 Å². The summed E-state index contributed by atoms with van der Waals surface area (Å²) in [4.78, 5) is 0. The van der Waals surface area contributed by atoms with Crippen molar-refractivity contribution in [3.05, 3.63) is 23.8 Å². The molecule has 1 rings (SSSR count). The highest BCUT2D eigenvalue weighted by molar-refractivity contribution is 9.08. The third-order valence-corrected chi connectivity index (χ3v) is 2.97. The molecule has 18 heavy (non-hydrogen) atoms. The van der Waals surface area contributed by atoms with Crippen LogP contribution in [0.3, 0.4) is 0 Å². The van der Waals surface area contributed by atoms with Gasteiger partial charge in [-0.2, -0.15) is 0 Å². The molecule has 102 valence electrons. The highest BCUT2D eigenvalue weighted by Gasteiger charge is 2.05. The van der Waals surface area contributed by atoms with E-state index in [4.69, 9.17) is 14.2 Å². The molecule has 0 atom stereocenters. The molecule has 0 unspecified atom stereocenters. The number of hydrogen-bond acceptors (Lipinski definition) is 3. The minimum absolute atomic E-state index is 0.537. The van der Waals surface area contributed by atoms with Crippen molar-refractivity contribution in [1.82, 2.24) is 0 Å². The molecule has 0 heterocycles. The van der Waals surface area contributed by atoms with Gasteiger partial charge in [-0.1, -0.05) is 35.8 Å². The zero-order valence-electron chi connectivity index (χ0n) is 11.2. The maximum atomic E-state index is 5.68. The van der Waals surface area contributed by atoms with Crippen molar-refractivity contribution in [1.29, 1.82) is 0 Å². The van der Waals surface area contributed by atoms with Crippen LogP contribution in [0.5, 0.6) is 11.5 Å². The average molecular weight is 317 g/mol. The summed E-state index contributed by atoms with van der Waals surface area (Å²) in [6.07, 6.45) is 0. The second-order valence-corrected chi connectivity index (χ2v) is 5.00. The fraction of sp³-hybridized carbons (Fsp3) is 0.571. The van der Waals surface area contributed by atoms with Gasteiger partial charge < -0.3 is 14.2 Å². The van der Waals surface area contributed by atoms with Crippen LogP contribution in [0.4, 0.5) is 0 Å². The lowest BCUT2D eigenvalue weighted by atomic mass is 10.2. The highest BCUT2D eigenvalue weighted by atomic mass is 79.9. The first-order valence-corrected chi connectivity index (χ1v) is 7.23. The summed E-state index contributed by atoms with van der Waals surface area (Å²) in [5.41, 5.74) is 1.16. The number of alkyl halides is 1. The summed E-state index contributed by atoms with van der Waals surface area (Å²) in [6, 6.07) is 5.91. The molecule has 0 saturated heterocycles. The van der Waals surface area contributed by atoms with Gasteiger partial charge in [-0.25, -0.2) is 0 Å². The molecule has 4 heteroatoms. The Labute approximate surface area is 118 Å². The summed E-state index contributed by atoms with van der Waals surface area (Å²) in [5.74, 6) is 2.07. The lowest BCUT2D eigenvalue weighted by Crippen LogP contribution is -2.10. The quantitative estimate of drug-likeness (QED) is 0.541. The molecule has 0 spiro atoms. The molecule has 1 aromatic rings. The molecule has 0 fully saturated rings. The van der Waals surface area contributed by atoms with E-state index in [1.807, 2.05) is 18.2 Å². The molecule has 0 N–H and O–H groups in total. The average Bonchev–Trinajstić information content (AvgIpc) is 2.37. The second-order valence-electron chi connectivity index (χ2n) is 4.44. The molecular formula is C14H21BrO3. The van der Waals surface area contributed by atoms with Gasteiger partial charge in [-0.15, -0.1) is 0 Å². The lowest BCUT2D eigenvalue weighted by molar-refractivity contribution is 0.0810. The van der Waals surface area contributed by atoms with E-state index in [0.717, 1.165) is 29.0 Å². The molecule has 0 aliphatic heterocycles. The van der Waals surface area contributed by atoms with Gasteiger partial charge in [-0.05, 0) is 23.6 Å². The van der Waals surface area contributed by atoms with E-state index in [1.54, 1.807) is 7.11 Å². The van der Waals surface area contributed by atoms with Gasteiger partial charge in [0.2, 0.25) is 0 Å². The SMILES string of the molecule is COc1ccc(CBr)cc1OCCOCC(C)C. The number of hydrogen-bond donors (Lipinski definition) is 0. The maximum absolute atomic E-state index is 5.68.